The number of furan rings is 1. The molecule has 8 heteroatoms. The molecule has 126 valence electrons. The van der Waals surface area contributed by atoms with Gasteiger partial charge in [-0.3, -0.25) is 0 Å². The van der Waals surface area contributed by atoms with Crippen molar-refractivity contribution in [1.82, 2.24) is 4.31 Å². The predicted octanol–water partition coefficient (Wildman–Crippen LogP) is 4.01. The summed E-state index contributed by atoms with van der Waals surface area (Å²) in [6.45, 7) is -0.0520. The van der Waals surface area contributed by atoms with Gasteiger partial charge in [0.1, 0.15) is 22.3 Å². The summed E-state index contributed by atoms with van der Waals surface area (Å²) in [5.41, 5.74) is 0.756. The van der Waals surface area contributed by atoms with Crippen molar-refractivity contribution in [3.8, 4) is 0 Å². The van der Waals surface area contributed by atoms with Crippen LogP contribution in [0.5, 0.6) is 0 Å². The van der Waals surface area contributed by atoms with E-state index < -0.39 is 26.6 Å². The largest absolute Gasteiger partial charge is 0.468 e. The molecule has 3 rings (SSSR count). The summed E-state index contributed by atoms with van der Waals surface area (Å²) in [4.78, 5) is -0.690. The Morgan fingerprint density at radius 1 is 1.12 bits per heavy atom. The molecule has 0 aliphatic carbocycles. The zero-order valence-corrected chi connectivity index (χ0v) is 14.0. The number of thiophene rings is 1. The van der Waals surface area contributed by atoms with Gasteiger partial charge in [-0.25, -0.2) is 17.2 Å². The van der Waals surface area contributed by atoms with Crippen LogP contribution in [0.3, 0.4) is 0 Å². The molecular formula is C16H13F2NO3S2. The molecule has 2 aromatic heterocycles. The first kappa shape index (κ1) is 16.8. The predicted molar refractivity (Wildman–Crippen MR) is 85.8 cm³/mol. The minimum atomic E-state index is -4.24. The molecule has 24 heavy (non-hydrogen) atoms. The summed E-state index contributed by atoms with van der Waals surface area (Å²) in [6.07, 6.45) is 1.42. The summed E-state index contributed by atoms with van der Waals surface area (Å²) in [5, 5.41) is 3.61. The third-order valence-corrected chi connectivity index (χ3v) is 5.90. The van der Waals surface area contributed by atoms with E-state index in [1.54, 1.807) is 23.6 Å². The molecule has 0 N–H and O–H groups in total. The fraction of sp³-hybridized carbons (Fsp3) is 0.125. The van der Waals surface area contributed by atoms with Gasteiger partial charge in [-0.2, -0.15) is 15.6 Å². The van der Waals surface area contributed by atoms with Crippen molar-refractivity contribution >= 4 is 21.4 Å². The van der Waals surface area contributed by atoms with Crippen LogP contribution in [-0.4, -0.2) is 12.7 Å². The van der Waals surface area contributed by atoms with Crippen LogP contribution in [0.1, 0.15) is 11.3 Å². The van der Waals surface area contributed by atoms with E-state index in [1.165, 1.54) is 17.6 Å². The number of rotatable bonds is 6. The first-order valence-electron chi connectivity index (χ1n) is 6.95. The standard InChI is InChI=1S/C16H13F2NO3S2/c17-13-3-4-15(18)16(8-13)24(20,21)19(9-12-5-7-23-11-12)10-14-2-1-6-22-14/h1-8,11H,9-10H2. The van der Waals surface area contributed by atoms with Crippen molar-refractivity contribution < 1.29 is 21.6 Å². The molecule has 2 heterocycles. The maximum atomic E-state index is 14.0. The second-order valence-corrected chi connectivity index (χ2v) is 7.75. The van der Waals surface area contributed by atoms with Gasteiger partial charge in [0.2, 0.25) is 10.0 Å². The Bertz CT molecular complexity index is 871. The van der Waals surface area contributed by atoms with Gasteiger partial charge in [-0.15, -0.1) is 0 Å². The van der Waals surface area contributed by atoms with Gasteiger partial charge in [0, 0.05) is 6.54 Å². The van der Waals surface area contributed by atoms with E-state index in [4.69, 9.17) is 4.42 Å². The summed E-state index contributed by atoms with van der Waals surface area (Å²) in [6, 6.07) is 7.40. The smallest absolute Gasteiger partial charge is 0.246 e. The summed E-state index contributed by atoms with van der Waals surface area (Å²) in [7, 11) is -4.24. The highest BCUT2D eigenvalue weighted by Gasteiger charge is 2.29. The molecule has 0 amide bonds. The Hall–Kier alpha value is -2.03. The van der Waals surface area contributed by atoms with E-state index in [9.17, 15) is 17.2 Å². The zero-order chi connectivity index (χ0) is 17.2. The maximum absolute atomic E-state index is 14.0. The third-order valence-electron chi connectivity index (χ3n) is 3.36. The van der Waals surface area contributed by atoms with Crippen molar-refractivity contribution in [1.29, 1.82) is 0 Å². The SMILES string of the molecule is O=S(=O)(c1cc(F)ccc1F)N(Cc1ccsc1)Cc1ccco1. The number of hydrogen-bond acceptors (Lipinski definition) is 4. The number of sulfonamides is 1. The van der Waals surface area contributed by atoms with Crippen LogP contribution in [0, 0.1) is 11.6 Å². The topological polar surface area (TPSA) is 50.5 Å². The lowest BCUT2D eigenvalue weighted by Crippen LogP contribution is -2.30. The van der Waals surface area contributed by atoms with Crippen LogP contribution in [0.25, 0.3) is 0 Å². The van der Waals surface area contributed by atoms with E-state index in [-0.39, 0.29) is 13.1 Å². The fourth-order valence-corrected chi connectivity index (χ4v) is 4.33. The monoisotopic (exact) mass is 369 g/mol. The molecule has 0 aliphatic heterocycles. The molecule has 0 saturated heterocycles. The van der Waals surface area contributed by atoms with Crippen LogP contribution in [0.15, 0.2) is 62.7 Å². The van der Waals surface area contributed by atoms with Crippen molar-refractivity contribution in [2.75, 3.05) is 0 Å². The van der Waals surface area contributed by atoms with Crippen LogP contribution in [-0.2, 0) is 23.1 Å². The quantitative estimate of drug-likeness (QED) is 0.660. The fourth-order valence-electron chi connectivity index (χ4n) is 2.20. The molecule has 4 nitrogen and oxygen atoms in total. The molecule has 0 radical (unpaired) electrons. The lowest BCUT2D eigenvalue weighted by atomic mass is 10.3. The number of hydrogen-bond donors (Lipinski definition) is 0. The maximum Gasteiger partial charge on any atom is 0.246 e. The van der Waals surface area contributed by atoms with Gasteiger partial charge in [-0.05, 0) is 52.7 Å². The molecule has 0 saturated carbocycles. The second-order valence-electron chi connectivity index (χ2n) is 5.06. The van der Waals surface area contributed by atoms with E-state index in [0.29, 0.717) is 11.8 Å². The van der Waals surface area contributed by atoms with Gasteiger partial charge in [0.25, 0.3) is 0 Å². The third kappa shape index (κ3) is 3.55. The normalized spacial score (nSPS) is 12.0. The first-order chi connectivity index (χ1) is 11.5. The molecule has 0 atom stereocenters. The Kier molecular flexibility index (Phi) is 4.79. The van der Waals surface area contributed by atoms with E-state index in [1.807, 2.05) is 5.38 Å². The first-order valence-corrected chi connectivity index (χ1v) is 9.34. The molecule has 3 aromatic rings. The minimum Gasteiger partial charge on any atom is -0.468 e. The molecular weight excluding hydrogens is 356 g/mol. The minimum absolute atomic E-state index is 0.0302. The van der Waals surface area contributed by atoms with E-state index in [0.717, 1.165) is 22.0 Å². The van der Waals surface area contributed by atoms with Crippen molar-refractivity contribution in [2.45, 2.75) is 18.0 Å². The summed E-state index contributed by atoms with van der Waals surface area (Å²) >= 11 is 1.42. The zero-order valence-electron chi connectivity index (χ0n) is 12.4. The van der Waals surface area contributed by atoms with Crippen molar-refractivity contribution in [2.24, 2.45) is 0 Å². The molecule has 0 unspecified atom stereocenters. The highest BCUT2D eigenvalue weighted by Crippen LogP contribution is 2.25. The Balaban J connectivity index is 2.00. The van der Waals surface area contributed by atoms with Crippen LogP contribution in [0.4, 0.5) is 8.78 Å². The molecule has 1 aromatic carbocycles. The number of benzene rings is 1. The highest BCUT2D eigenvalue weighted by molar-refractivity contribution is 7.89. The summed E-state index contributed by atoms with van der Waals surface area (Å²) in [5.74, 6) is -1.40. The molecule has 0 fully saturated rings. The average molecular weight is 369 g/mol. The van der Waals surface area contributed by atoms with Gasteiger partial charge < -0.3 is 4.42 Å². The Labute approximate surface area is 142 Å². The lowest BCUT2D eigenvalue weighted by molar-refractivity contribution is 0.356. The van der Waals surface area contributed by atoms with Crippen LogP contribution >= 0.6 is 11.3 Å². The Morgan fingerprint density at radius 3 is 2.62 bits per heavy atom. The highest BCUT2D eigenvalue weighted by atomic mass is 32.2. The second kappa shape index (κ2) is 6.84. The number of halogens is 2. The molecule has 0 aliphatic rings. The van der Waals surface area contributed by atoms with Crippen LogP contribution in [0.2, 0.25) is 0 Å². The van der Waals surface area contributed by atoms with Crippen LogP contribution < -0.4 is 0 Å². The van der Waals surface area contributed by atoms with Gasteiger partial charge in [0.05, 0.1) is 12.8 Å². The summed E-state index contributed by atoms with van der Waals surface area (Å²) < 4.78 is 59.4. The van der Waals surface area contributed by atoms with Gasteiger partial charge in [-0.1, -0.05) is 0 Å². The van der Waals surface area contributed by atoms with Crippen molar-refractivity contribution in [3.63, 3.8) is 0 Å². The van der Waals surface area contributed by atoms with Crippen molar-refractivity contribution in [3.05, 3.63) is 76.4 Å². The van der Waals surface area contributed by atoms with Gasteiger partial charge >= 0.3 is 0 Å². The average Bonchev–Trinajstić information content (AvgIpc) is 3.22. The lowest BCUT2D eigenvalue weighted by Gasteiger charge is -2.21. The van der Waals surface area contributed by atoms with Gasteiger partial charge in [0.15, 0.2) is 0 Å². The van der Waals surface area contributed by atoms with E-state index in [2.05, 4.69) is 0 Å². The van der Waals surface area contributed by atoms with E-state index >= 15 is 0 Å². The Morgan fingerprint density at radius 2 is 1.96 bits per heavy atom. The number of nitrogens with zero attached hydrogens (tertiary/aromatic N) is 1. The molecule has 0 spiro atoms. The molecule has 0 bridgehead atoms.